The van der Waals surface area contributed by atoms with Gasteiger partial charge in [-0.2, -0.15) is 0 Å². The van der Waals surface area contributed by atoms with Crippen molar-refractivity contribution in [3.63, 3.8) is 0 Å². The Morgan fingerprint density at radius 1 is 1.35 bits per heavy atom. The van der Waals surface area contributed by atoms with Gasteiger partial charge in [0.1, 0.15) is 0 Å². The molecule has 0 saturated heterocycles. The predicted octanol–water partition coefficient (Wildman–Crippen LogP) is 1.06. The van der Waals surface area contributed by atoms with Gasteiger partial charge in [-0.25, -0.2) is 5.48 Å². The van der Waals surface area contributed by atoms with Crippen LogP contribution < -0.4 is 10.4 Å². The summed E-state index contributed by atoms with van der Waals surface area (Å²) in [6.07, 6.45) is 0. The van der Waals surface area contributed by atoms with Crippen LogP contribution in [-0.4, -0.2) is 40.3 Å². The van der Waals surface area contributed by atoms with Crippen molar-refractivity contribution in [3.8, 4) is 0 Å². The molecular weight excluding hydrogens is 220 g/mol. The normalized spacial score (nSPS) is 10.1. The number of nitrogens with one attached hydrogen (secondary N) is 1. The molecule has 1 aromatic rings. The lowest BCUT2D eigenvalue weighted by Crippen LogP contribution is -2.25. The topological polar surface area (TPSA) is 50.8 Å². The lowest BCUT2D eigenvalue weighted by atomic mass is 10.2. The van der Waals surface area contributed by atoms with Crippen molar-refractivity contribution in [3.05, 3.63) is 29.8 Å². The van der Waals surface area contributed by atoms with E-state index in [4.69, 9.17) is 9.57 Å². The van der Waals surface area contributed by atoms with E-state index in [-0.39, 0.29) is 5.91 Å². The van der Waals surface area contributed by atoms with Crippen LogP contribution in [-0.2, 0) is 9.57 Å². The highest BCUT2D eigenvalue weighted by molar-refractivity contribution is 5.94. The van der Waals surface area contributed by atoms with Crippen molar-refractivity contribution in [1.29, 1.82) is 0 Å². The Bertz CT molecular complexity index is 367. The van der Waals surface area contributed by atoms with Gasteiger partial charge in [-0.1, -0.05) is 6.07 Å². The highest BCUT2D eigenvalue weighted by atomic mass is 16.7. The maximum absolute atomic E-state index is 11.7. The molecule has 0 saturated carbocycles. The largest absolute Gasteiger partial charge is 0.382 e. The molecule has 0 atom stereocenters. The number of hydrogen-bond acceptors (Lipinski definition) is 4. The summed E-state index contributed by atoms with van der Waals surface area (Å²) in [6, 6.07) is 7.30. The summed E-state index contributed by atoms with van der Waals surface area (Å²) in [5.74, 6) is -0.259. The van der Waals surface area contributed by atoms with Crippen molar-refractivity contribution in [2.45, 2.75) is 0 Å². The van der Waals surface area contributed by atoms with E-state index >= 15 is 0 Å². The van der Waals surface area contributed by atoms with E-state index in [9.17, 15) is 4.79 Å². The van der Waals surface area contributed by atoms with Gasteiger partial charge in [-0.05, 0) is 18.2 Å². The summed E-state index contributed by atoms with van der Waals surface area (Å²) in [4.78, 5) is 18.6. The van der Waals surface area contributed by atoms with Crippen LogP contribution in [0.2, 0.25) is 0 Å². The molecule has 1 rings (SSSR count). The van der Waals surface area contributed by atoms with Gasteiger partial charge in [-0.15, -0.1) is 0 Å². The fourth-order valence-electron chi connectivity index (χ4n) is 1.23. The lowest BCUT2D eigenvalue weighted by molar-refractivity contribution is 0.00889. The van der Waals surface area contributed by atoms with Gasteiger partial charge in [-0.3, -0.25) is 9.63 Å². The molecule has 1 N–H and O–H groups in total. The number of amides is 1. The Hall–Kier alpha value is -1.59. The summed E-state index contributed by atoms with van der Waals surface area (Å²) in [5, 5.41) is 0. The number of hydrogen-bond donors (Lipinski definition) is 1. The van der Waals surface area contributed by atoms with E-state index in [1.165, 1.54) is 0 Å². The van der Waals surface area contributed by atoms with Crippen LogP contribution in [0, 0.1) is 0 Å². The van der Waals surface area contributed by atoms with Crippen LogP contribution in [0.4, 0.5) is 5.69 Å². The van der Waals surface area contributed by atoms with Crippen molar-refractivity contribution >= 4 is 11.6 Å². The first kappa shape index (κ1) is 13.5. The number of carbonyl (C=O) groups is 1. The van der Waals surface area contributed by atoms with Gasteiger partial charge in [0.25, 0.3) is 5.91 Å². The lowest BCUT2D eigenvalue weighted by Gasteiger charge is -2.13. The Labute approximate surface area is 101 Å². The average Bonchev–Trinajstić information content (AvgIpc) is 2.34. The number of anilines is 1. The summed E-state index contributed by atoms with van der Waals surface area (Å²) in [5.41, 5.74) is 3.89. The third-order valence-corrected chi connectivity index (χ3v) is 2.18. The van der Waals surface area contributed by atoms with Crippen LogP contribution in [0.15, 0.2) is 24.3 Å². The maximum Gasteiger partial charge on any atom is 0.274 e. The third-order valence-electron chi connectivity index (χ3n) is 2.18. The van der Waals surface area contributed by atoms with Crippen LogP contribution in [0.25, 0.3) is 0 Å². The second-order valence-corrected chi connectivity index (χ2v) is 3.72. The Kier molecular flexibility index (Phi) is 5.45. The van der Waals surface area contributed by atoms with Crippen molar-refractivity contribution < 1.29 is 14.4 Å². The second-order valence-electron chi connectivity index (χ2n) is 3.72. The van der Waals surface area contributed by atoms with E-state index in [0.29, 0.717) is 18.8 Å². The molecule has 0 aliphatic carbocycles. The minimum atomic E-state index is -0.259. The fraction of sp³-hybridized carbons (Fsp3) is 0.417. The van der Waals surface area contributed by atoms with Crippen LogP contribution in [0.5, 0.6) is 0 Å². The molecule has 0 aliphatic rings. The van der Waals surface area contributed by atoms with Crippen molar-refractivity contribution in [2.24, 2.45) is 0 Å². The van der Waals surface area contributed by atoms with Gasteiger partial charge >= 0.3 is 0 Å². The van der Waals surface area contributed by atoms with E-state index < -0.39 is 0 Å². The molecule has 5 nitrogen and oxygen atoms in total. The highest BCUT2D eigenvalue weighted by Gasteiger charge is 2.06. The zero-order chi connectivity index (χ0) is 12.7. The molecule has 0 bridgehead atoms. The standard InChI is InChI=1S/C12H18N2O3/c1-14(2)11-6-4-5-10(9-11)12(15)13-17-8-7-16-3/h4-6,9H,7-8H2,1-3H3,(H,13,15). The number of methoxy groups -OCH3 is 1. The first-order valence-electron chi connectivity index (χ1n) is 5.33. The third kappa shape index (κ3) is 4.42. The summed E-state index contributed by atoms with van der Waals surface area (Å²) >= 11 is 0. The molecule has 0 fully saturated rings. The summed E-state index contributed by atoms with van der Waals surface area (Å²) in [6.45, 7) is 0.771. The molecule has 17 heavy (non-hydrogen) atoms. The van der Waals surface area contributed by atoms with E-state index in [1.807, 2.05) is 31.1 Å². The zero-order valence-electron chi connectivity index (χ0n) is 10.4. The predicted molar refractivity (Wildman–Crippen MR) is 66.1 cm³/mol. The number of rotatable bonds is 6. The van der Waals surface area contributed by atoms with Crippen molar-refractivity contribution in [2.75, 3.05) is 39.3 Å². The van der Waals surface area contributed by atoms with E-state index in [0.717, 1.165) is 5.69 Å². The van der Waals surface area contributed by atoms with E-state index in [1.54, 1.807) is 19.2 Å². The first-order chi connectivity index (χ1) is 8.15. The highest BCUT2D eigenvalue weighted by Crippen LogP contribution is 2.13. The van der Waals surface area contributed by atoms with Crippen molar-refractivity contribution in [1.82, 2.24) is 5.48 Å². The molecule has 0 heterocycles. The molecule has 0 radical (unpaired) electrons. The van der Waals surface area contributed by atoms with Gasteiger partial charge in [0.15, 0.2) is 0 Å². The maximum atomic E-state index is 11.7. The van der Waals surface area contributed by atoms with Gasteiger partial charge in [0.2, 0.25) is 0 Å². The van der Waals surface area contributed by atoms with Gasteiger partial charge in [0, 0.05) is 32.5 Å². The molecule has 94 valence electrons. The molecular formula is C12H18N2O3. The minimum absolute atomic E-state index is 0.259. The minimum Gasteiger partial charge on any atom is -0.382 e. The fourth-order valence-corrected chi connectivity index (χ4v) is 1.23. The smallest absolute Gasteiger partial charge is 0.274 e. The zero-order valence-corrected chi connectivity index (χ0v) is 10.4. The Morgan fingerprint density at radius 2 is 2.12 bits per heavy atom. The first-order valence-corrected chi connectivity index (χ1v) is 5.33. The number of hydroxylamine groups is 1. The van der Waals surface area contributed by atoms with E-state index in [2.05, 4.69) is 5.48 Å². The SMILES string of the molecule is COCCONC(=O)c1cccc(N(C)C)c1. The number of benzene rings is 1. The quantitative estimate of drug-likeness (QED) is 0.595. The average molecular weight is 238 g/mol. The molecule has 1 amide bonds. The molecule has 0 aromatic heterocycles. The van der Waals surface area contributed by atoms with Crippen LogP contribution in [0.1, 0.15) is 10.4 Å². The summed E-state index contributed by atoms with van der Waals surface area (Å²) < 4.78 is 4.80. The second kappa shape index (κ2) is 6.88. The number of ether oxygens (including phenoxy) is 1. The molecule has 0 unspecified atom stereocenters. The number of carbonyl (C=O) groups excluding carboxylic acids is 1. The molecule has 0 spiro atoms. The Morgan fingerprint density at radius 3 is 2.76 bits per heavy atom. The molecule has 0 aliphatic heterocycles. The molecule has 1 aromatic carbocycles. The van der Waals surface area contributed by atoms with Gasteiger partial charge in [0.05, 0.1) is 13.2 Å². The monoisotopic (exact) mass is 238 g/mol. The van der Waals surface area contributed by atoms with Gasteiger partial charge < -0.3 is 9.64 Å². The van der Waals surface area contributed by atoms with Crippen LogP contribution >= 0.6 is 0 Å². The molecule has 5 heteroatoms. The Balaban J connectivity index is 2.53. The van der Waals surface area contributed by atoms with Crippen LogP contribution in [0.3, 0.4) is 0 Å². The number of nitrogens with zero attached hydrogens (tertiary/aromatic N) is 1. The summed E-state index contributed by atoms with van der Waals surface area (Å²) in [7, 11) is 5.42.